The Morgan fingerprint density at radius 3 is 2.67 bits per heavy atom. The van der Waals surface area contributed by atoms with Gasteiger partial charge >= 0.3 is 5.97 Å². The van der Waals surface area contributed by atoms with Crippen molar-refractivity contribution in [1.29, 1.82) is 5.26 Å². The van der Waals surface area contributed by atoms with Crippen molar-refractivity contribution >= 4 is 16.9 Å². The summed E-state index contributed by atoms with van der Waals surface area (Å²) >= 11 is 0. The Bertz CT molecular complexity index is 1050. The molecule has 3 rings (SSSR count). The number of fused-ring (bicyclic) bond motifs is 1. The lowest BCUT2D eigenvalue weighted by Crippen LogP contribution is -2.16. The Morgan fingerprint density at radius 1 is 1.27 bits per heavy atom. The van der Waals surface area contributed by atoms with Gasteiger partial charge in [-0.1, -0.05) is 12.1 Å². The molecular formula is C22H23N3O5. The van der Waals surface area contributed by atoms with Crippen LogP contribution in [0.5, 0.6) is 5.75 Å². The van der Waals surface area contributed by atoms with E-state index in [1.807, 2.05) is 16.7 Å². The van der Waals surface area contributed by atoms with E-state index in [-0.39, 0.29) is 12.4 Å². The third kappa shape index (κ3) is 4.78. The fourth-order valence-electron chi connectivity index (χ4n) is 3.19. The van der Waals surface area contributed by atoms with Crippen LogP contribution in [0.15, 0.2) is 48.7 Å². The highest BCUT2D eigenvalue weighted by atomic mass is 16.7. The van der Waals surface area contributed by atoms with Gasteiger partial charge in [-0.15, -0.1) is 0 Å². The van der Waals surface area contributed by atoms with Crippen LogP contribution in [0.2, 0.25) is 0 Å². The van der Waals surface area contributed by atoms with Crippen molar-refractivity contribution in [3.05, 3.63) is 65.4 Å². The second kappa shape index (κ2) is 9.89. The van der Waals surface area contributed by atoms with E-state index in [9.17, 15) is 10.1 Å². The van der Waals surface area contributed by atoms with Crippen LogP contribution in [0, 0.1) is 11.3 Å². The number of carboxylic acid groups (broad SMARTS) is 1. The monoisotopic (exact) mass is 409 g/mol. The van der Waals surface area contributed by atoms with E-state index in [1.54, 1.807) is 36.5 Å². The number of carbonyl (C=O) groups is 1. The van der Waals surface area contributed by atoms with Crippen LogP contribution in [0.3, 0.4) is 0 Å². The molecule has 1 atom stereocenters. The topological polar surface area (TPSA) is 120 Å². The molecule has 1 aromatic heterocycles. The van der Waals surface area contributed by atoms with Crippen molar-refractivity contribution in [3.8, 4) is 11.8 Å². The molecule has 3 N–H and O–H groups in total. The Morgan fingerprint density at radius 2 is 2.03 bits per heavy atom. The first kappa shape index (κ1) is 21.3. The molecule has 0 bridgehead atoms. The minimum atomic E-state index is -0.978. The van der Waals surface area contributed by atoms with Crippen LogP contribution < -0.4 is 10.5 Å². The number of carboxylic acids is 1. The maximum absolute atomic E-state index is 11.1. The number of hydrogen-bond acceptors (Lipinski definition) is 6. The number of aromatic carboxylic acids is 1. The van der Waals surface area contributed by atoms with Crippen molar-refractivity contribution in [2.24, 2.45) is 5.73 Å². The molecule has 0 fully saturated rings. The van der Waals surface area contributed by atoms with Gasteiger partial charge in [-0.25, -0.2) is 4.79 Å². The molecule has 0 saturated carbocycles. The maximum atomic E-state index is 11.1. The molecule has 0 aliphatic heterocycles. The zero-order valence-electron chi connectivity index (χ0n) is 16.6. The second-order valence-corrected chi connectivity index (χ2v) is 6.61. The molecule has 0 aliphatic rings. The van der Waals surface area contributed by atoms with E-state index < -0.39 is 12.2 Å². The van der Waals surface area contributed by atoms with Crippen LogP contribution >= 0.6 is 0 Å². The summed E-state index contributed by atoms with van der Waals surface area (Å²) in [6.45, 7) is 0.841. The lowest BCUT2D eigenvalue weighted by molar-refractivity contribution is -0.0985. The molecule has 0 spiro atoms. The highest BCUT2D eigenvalue weighted by Gasteiger charge is 2.19. The molecule has 156 valence electrons. The van der Waals surface area contributed by atoms with Crippen LogP contribution in [-0.2, 0) is 15.9 Å². The quantitative estimate of drug-likeness (QED) is 0.494. The predicted molar refractivity (Wildman–Crippen MR) is 110 cm³/mol. The van der Waals surface area contributed by atoms with E-state index in [0.717, 1.165) is 16.5 Å². The summed E-state index contributed by atoms with van der Waals surface area (Å²) in [5, 5.41) is 19.4. The molecule has 0 amide bonds. The van der Waals surface area contributed by atoms with Crippen molar-refractivity contribution in [2.45, 2.75) is 12.6 Å². The fraction of sp³-hybridized carbons (Fsp3) is 0.273. The lowest BCUT2D eigenvalue weighted by atomic mass is 10.1. The summed E-state index contributed by atoms with van der Waals surface area (Å²) in [4.78, 5) is 11.1. The zero-order valence-corrected chi connectivity index (χ0v) is 16.6. The number of aromatic nitrogens is 1. The van der Waals surface area contributed by atoms with Gasteiger partial charge in [0.25, 0.3) is 0 Å². The Hall–Kier alpha value is -3.38. The van der Waals surface area contributed by atoms with Gasteiger partial charge in [-0.05, 0) is 29.8 Å². The third-order valence-electron chi connectivity index (χ3n) is 4.61. The van der Waals surface area contributed by atoms with Gasteiger partial charge in [0.2, 0.25) is 0 Å². The molecule has 1 unspecified atom stereocenters. The van der Waals surface area contributed by atoms with Gasteiger partial charge in [-0.2, -0.15) is 5.26 Å². The minimum Gasteiger partial charge on any atom is -0.492 e. The number of rotatable bonds is 10. The zero-order chi connectivity index (χ0) is 21.5. The van der Waals surface area contributed by atoms with E-state index >= 15 is 0 Å². The van der Waals surface area contributed by atoms with E-state index in [0.29, 0.717) is 30.9 Å². The average Bonchev–Trinajstić information content (AvgIpc) is 3.13. The van der Waals surface area contributed by atoms with Crippen LogP contribution in [-0.4, -0.2) is 42.7 Å². The summed E-state index contributed by atoms with van der Waals surface area (Å²) in [6, 6.07) is 14.3. The summed E-state index contributed by atoms with van der Waals surface area (Å²) in [7, 11) is 1.53. The van der Waals surface area contributed by atoms with Gasteiger partial charge in [-0.3, -0.25) is 0 Å². The van der Waals surface area contributed by atoms with E-state index in [1.165, 1.54) is 7.11 Å². The molecule has 0 aliphatic carbocycles. The molecule has 0 radical (unpaired) electrons. The SMILES string of the molecule is COCOC(Cc1ccc(C(=O)O)cc1)n1cc(C#N)c2ccc(OCCN)cc21. The maximum Gasteiger partial charge on any atom is 0.335 e. The lowest BCUT2D eigenvalue weighted by Gasteiger charge is -2.21. The smallest absolute Gasteiger partial charge is 0.335 e. The summed E-state index contributed by atoms with van der Waals surface area (Å²) in [5.41, 5.74) is 7.92. The van der Waals surface area contributed by atoms with Crippen molar-refractivity contribution in [3.63, 3.8) is 0 Å². The highest BCUT2D eigenvalue weighted by molar-refractivity contribution is 5.88. The Balaban J connectivity index is 1.99. The molecule has 8 heteroatoms. The molecule has 2 aromatic carbocycles. The molecular weight excluding hydrogens is 386 g/mol. The van der Waals surface area contributed by atoms with Gasteiger partial charge in [0.05, 0.1) is 16.6 Å². The van der Waals surface area contributed by atoms with Crippen molar-refractivity contribution in [2.75, 3.05) is 27.1 Å². The van der Waals surface area contributed by atoms with Crippen LogP contribution in [0.4, 0.5) is 0 Å². The normalized spacial score (nSPS) is 11.9. The highest BCUT2D eigenvalue weighted by Crippen LogP contribution is 2.30. The van der Waals surface area contributed by atoms with Crippen molar-refractivity contribution < 1.29 is 24.1 Å². The fourth-order valence-corrected chi connectivity index (χ4v) is 3.19. The average molecular weight is 409 g/mol. The first-order valence-electron chi connectivity index (χ1n) is 9.37. The standard InChI is InChI=1S/C22H23N3O5/c1-28-14-30-21(10-15-2-4-16(5-3-15)22(26)27)25-13-17(12-24)19-7-6-18(11-20(19)25)29-9-8-23/h2-7,11,13,21H,8-10,14,23H2,1H3,(H,26,27). The van der Waals surface area contributed by atoms with E-state index in [4.69, 9.17) is 25.1 Å². The largest absolute Gasteiger partial charge is 0.492 e. The first-order valence-corrected chi connectivity index (χ1v) is 9.37. The van der Waals surface area contributed by atoms with Crippen molar-refractivity contribution in [1.82, 2.24) is 4.57 Å². The molecule has 1 heterocycles. The molecule has 0 saturated heterocycles. The number of ether oxygens (including phenoxy) is 3. The number of nitriles is 1. The van der Waals surface area contributed by atoms with Gasteiger partial charge < -0.3 is 29.6 Å². The van der Waals surface area contributed by atoms with Crippen LogP contribution in [0.1, 0.15) is 27.7 Å². The molecule has 3 aromatic rings. The van der Waals surface area contributed by atoms with Crippen LogP contribution in [0.25, 0.3) is 10.9 Å². The minimum absolute atomic E-state index is 0.0583. The van der Waals surface area contributed by atoms with Gasteiger partial charge in [0, 0.05) is 37.7 Å². The second-order valence-electron chi connectivity index (χ2n) is 6.61. The number of benzene rings is 2. The number of nitrogens with zero attached hydrogens (tertiary/aromatic N) is 2. The summed E-state index contributed by atoms with van der Waals surface area (Å²) in [6.07, 6.45) is 1.71. The van der Waals surface area contributed by atoms with E-state index in [2.05, 4.69) is 6.07 Å². The summed E-state index contributed by atoms with van der Waals surface area (Å²) < 4.78 is 18.5. The van der Waals surface area contributed by atoms with Gasteiger partial charge in [0.15, 0.2) is 0 Å². The Kier molecular flexibility index (Phi) is 7.03. The molecule has 8 nitrogen and oxygen atoms in total. The Labute approximate surface area is 174 Å². The number of methoxy groups -OCH3 is 1. The number of hydrogen-bond donors (Lipinski definition) is 2. The summed E-state index contributed by atoms with van der Waals surface area (Å²) in [5.74, 6) is -0.332. The van der Waals surface area contributed by atoms with Gasteiger partial charge in [0.1, 0.15) is 31.4 Å². The molecule has 30 heavy (non-hydrogen) atoms. The predicted octanol–water partition coefficient (Wildman–Crippen LogP) is 2.91. The third-order valence-corrected chi connectivity index (χ3v) is 4.61. The first-order chi connectivity index (χ1) is 14.6. The number of nitrogens with two attached hydrogens (primary N) is 1.